The van der Waals surface area contributed by atoms with Gasteiger partial charge in [0.25, 0.3) is 0 Å². The lowest BCUT2D eigenvalue weighted by atomic mass is 9.87. The molecular formula is C33H44N2O5. The van der Waals surface area contributed by atoms with Gasteiger partial charge in [-0.2, -0.15) is 0 Å². The summed E-state index contributed by atoms with van der Waals surface area (Å²) in [5, 5.41) is 0. The third-order valence-corrected chi connectivity index (χ3v) is 7.22. The molecule has 216 valence electrons. The van der Waals surface area contributed by atoms with Crippen molar-refractivity contribution in [1.29, 1.82) is 0 Å². The molecule has 0 aromatic heterocycles. The molecule has 7 nitrogen and oxygen atoms in total. The number of unbranched alkanes of at least 4 members (excludes halogenated alkanes) is 4. The molecule has 40 heavy (non-hydrogen) atoms. The highest BCUT2D eigenvalue weighted by Crippen LogP contribution is 2.28. The van der Waals surface area contributed by atoms with Gasteiger partial charge in [0.05, 0.1) is 18.6 Å². The monoisotopic (exact) mass is 548 g/mol. The zero-order chi connectivity index (χ0) is 28.7. The molecule has 1 atom stereocenters. The molecule has 1 fully saturated rings. The number of allylic oxidation sites excluding steroid dienone is 1. The van der Waals surface area contributed by atoms with Crippen molar-refractivity contribution in [3.63, 3.8) is 0 Å². The van der Waals surface area contributed by atoms with Crippen molar-refractivity contribution < 1.29 is 23.8 Å². The van der Waals surface area contributed by atoms with E-state index in [1.165, 1.54) is 25.3 Å². The second kappa shape index (κ2) is 16.5. The van der Waals surface area contributed by atoms with Gasteiger partial charge < -0.3 is 25.7 Å². The number of rotatable bonds is 15. The number of hydrogen-bond donors (Lipinski definition) is 2. The molecule has 2 aromatic carbocycles. The summed E-state index contributed by atoms with van der Waals surface area (Å²) in [5.41, 5.74) is 14.6. The Labute approximate surface area is 238 Å². The summed E-state index contributed by atoms with van der Waals surface area (Å²) >= 11 is 0. The molecule has 0 radical (unpaired) electrons. The molecule has 0 bridgehead atoms. The lowest BCUT2D eigenvalue weighted by Crippen LogP contribution is -2.29. The first-order valence-electron chi connectivity index (χ1n) is 14.4. The highest BCUT2D eigenvalue weighted by atomic mass is 16.5. The first-order chi connectivity index (χ1) is 19.3. The van der Waals surface area contributed by atoms with Gasteiger partial charge in [0, 0.05) is 30.0 Å². The zero-order valence-corrected chi connectivity index (χ0v) is 23.7. The lowest BCUT2D eigenvalue weighted by Gasteiger charge is -2.27. The van der Waals surface area contributed by atoms with Crippen molar-refractivity contribution >= 4 is 29.4 Å². The summed E-state index contributed by atoms with van der Waals surface area (Å²) in [6.45, 7) is 6.71. The van der Waals surface area contributed by atoms with E-state index in [-0.39, 0.29) is 30.5 Å². The smallest absolute Gasteiger partial charge is 0.330 e. The van der Waals surface area contributed by atoms with Gasteiger partial charge in [-0.25, -0.2) is 4.79 Å². The molecule has 0 amide bonds. The molecule has 2 aromatic rings. The maximum atomic E-state index is 12.7. The van der Waals surface area contributed by atoms with E-state index in [0.717, 1.165) is 56.3 Å². The number of carbonyl (C=O) groups is 2. The number of anilines is 2. The summed E-state index contributed by atoms with van der Waals surface area (Å²) in [7, 11) is 0. The maximum absolute atomic E-state index is 12.7. The van der Waals surface area contributed by atoms with Gasteiger partial charge in [0.1, 0.15) is 5.75 Å². The van der Waals surface area contributed by atoms with Gasteiger partial charge >= 0.3 is 11.9 Å². The molecule has 0 spiro atoms. The summed E-state index contributed by atoms with van der Waals surface area (Å²) < 4.78 is 17.0. The van der Waals surface area contributed by atoms with Crippen molar-refractivity contribution in [3.05, 3.63) is 72.3 Å². The number of benzene rings is 2. The minimum Gasteiger partial charge on any atom is -0.462 e. The molecule has 4 N–H and O–H groups in total. The van der Waals surface area contributed by atoms with Crippen LogP contribution in [0.2, 0.25) is 0 Å². The van der Waals surface area contributed by atoms with Crippen LogP contribution < -0.4 is 16.2 Å². The molecule has 1 unspecified atom stereocenters. The zero-order valence-electron chi connectivity index (χ0n) is 23.7. The largest absolute Gasteiger partial charge is 0.462 e. The molecule has 0 saturated heterocycles. The molecule has 0 aliphatic heterocycles. The summed E-state index contributed by atoms with van der Waals surface area (Å²) in [4.78, 5) is 24.8. The first-order valence-corrected chi connectivity index (χ1v) is 14.4. The Morgan fingerprint density at radius 3 is 2.33 bits per heavy atom. The van der Waals surface area contributed by atoms with Crippen LogP contribution in [0.25, 0.3) is 6.08 Å². The molecule has 0 heterocycles. The van der Waals surface area contributed by atoms with E-state index in [1.54, 1.807) is 36.4 Å². The van der Waals surface area contributed by atoms with Crippen LogP contribution in [0.1, 0.15) is 81.8 Å². The predicted molar refractivity (Wildman–Crippen MR) is 161 cm³/mol. The van der Waals surface area contributed by atoms with Gasteiger partial charge in [-0.05, 0) is 92.5 Å². The van der Waals surface area contributed by atoms with E-state index < -0.39 is 5.97 Å². The van der Waals surface area contributed by atoms with E-state index in [2.05, 4.69) is 6.58 Å². The summed E-state index contributed by atoms with van der Waals surface area (Å²) in [5.74, 6) is -0.276. The van der Waals surface area contributed by atoms with E-state index in [9.17, 15) is 9.59 Å². The topological polar surface area (TPSA) is 114 Å². The average molecular weight is 549 g/mol. The van der Waals surface area contributed by atoms with Crippen molar-refractivity contribution in [2.45, 2.75) is 76.7 Å². The second-order valence-corrected chi connectivity index (χ2v) is 10.6. The Hall–Kier alpha value is -3.58. The fraction of sp³-hybridized carbons (Fsp3) is 0.455. The number of carbonyl (C=O) groups excluding carboxylic acids is 2. The van der Waals surface area contributed by atoms with Gasteiger partial charge in [-0.15, -0.1) is 6.58 Å². The van der Waals surface area contributed by atoms with Crippen LogP contribution in [0, 0.1) is 5.92 Å². The van der Waals surface area contributed by atoms with Gasteiger partial charge in [-0.3, -0.25) is 4.79 Å². The van der Waals surface area contributed by atoms with E-state index in [4.69, 9.17) is 25.7 Å². The Morgan fingerprint density at radius 2 is 1.65 bits per heavy atom. The van der Waals surface area contributed by atoms with Crippen LogP contribution in [0.3, 0.4) is 0 Å². The Balaban J connectivity index is 1.34. The van der Waals surface area contributed by atoms with Gasteiger partial charge in [0.2, 0.25) is 0 Å². The molecule has 1 aliphatic rings. The Kier molecular flexibility index (Phi) is 12.8. The lowest BCUT2D eigenvalue weighted by molar-refractivity contribution is -0.141. The van der Waals surface area contributed by atoms with E-state index >= 15 is 0 Å². The van der Waals surface area contributed by atoms with Crippen molar-refractivity contribution in [2.24, 2.45) is 5.92 Å². The normalized spacial score (nSPS) is 17.8. The van der Waals surface area contributed by atoms with Gasteiger partial charge in [-0.1, -0.05) is 38.0 Å². The molecular weight excluding hydrogens is 504 g/mol. The SMILES string of the molecule is C=CCCCCCCOC1CCC(C(=O)Oc2ccc(C=CC(=O)OCC(C)c3cc(N)cc(N)c3)cc2)CC1. The van der Waals surface area contributed by atoms with Gasteiger partial charge in [0.15, 0.2) is 0 Å². The fourth-order valence-corrected chi connectivity index (χ4v) is 4.81. The molecule has 7 heteroatoms. The van der Waals surface area contributed by atoms with Crippen molar-refractivity contribution in [2.75, 3.05) is 24.7 Å². The highest BCUT2D eigenvalue weighted by molar-refractivity contribution is 5.87. The second-order valence-electron chi connectivity index (χ2n) is 10.6. The number of nitrogens with two attached hydrogens (primary N) is 2. The third-order valence-electron chi connectivity index (χ3n) is 7.22. The Bertz CT molecular complexity index is 1100. The predicted octanol–water partition coefficient (Wildman–Crippen LogP) is 6.83. The summed E-state index contributed by atoms with van der Waals surface area (Å²) in [6.07, 6.45) is 14.4. The van der Waals surface area contributed by atoms with Crippen LogP contribution in [-0.2, 0) is 19.1 Å². The van der Waals surface area contributed by atoms with E-state index in [0.29, 0.717) is 17.1 Å². The number of ether oxygens (including phenoxy) is 3. The van der Waals surface area contributed by atoms with Crippen LogP contribution in [0.4, 0.5) is 11.4 Å². The van der Waals surface area contributed by atoms with Crippen molar-refractivity contribution in [3.8, 4) is 5.75 Å². The van der Waals surface area contributed by atoms with Crippen LogP contribution in [0.15, 0.2) is 61.2 Å². The van der Waals surface area contributed by atoms with Crippen LogP contribution in [0.5, 0.6) is 5.75 Å². The minimum atomic E-state index is -0.442. The third kappa shape index (κ3) is 10.9. The molecule has 3 rings (SSSR count). The number of hydrogen-bond acceptors (Lipinski definition) is 7. The standard InChI is InChI=1S/C33H44N2O5/c1-3-4-5-6-7-8-19-38-30-16-12-26(13-17-30)33(37)40-31-14-9-25(10-15-31)11-18-32(36)39-23-24(2)27-20-28(34)22-29(35)21-27/h3,9-11,14-15,18,20-22,24,26,30H,1,4-8,12-13,16-17,19,23,34-35H2,2H3. The van der Waals surface area contributed by atoms with Crippen molar-refractivity contribution in [1.82, 2.24) is 0 Å². The summed E-state index contributed by atoms with van der Waals surface area (Å²) in [6, 6.07) is 12.4. The quantitative estimate of drug-likeness (QED) is 0.0626. The van der Waals surface area contributed by atoms with E-state index in [1.807, 2.05) is 25.1 Å². The Morgan fingerprint density at radius 1 is 0.975 bits per heavy atom. The minimum absolute atomic E-state index is 0.0397. The molecule has 1 aliphatic carbocycles. The molecule has 1 saturated carbocycles. The van der Waals surface area contributed by atoms with Crippen LogP contribution >= 0.6 is 0 Å². The first kappa shape index (κ1) is 31.0. The van der Waals surface area contributed by atoms with Crippen LogP contribution in [-0.4, -0.2) is 31.3 Å². The average Bonchev–Trinajstić information content (AvgIpc) is 2.94. The highest BCUT2D eigenvalue weighted by Gasteiger charge is 2.28. The number of esters is 2. The fourth-order valence-electron chi connectivity index (χ4n) is 4.81. The maximum Gasteiger partial charge on any atom is 0.330 e. The number of nitrogen functional groups attached to an aromatic ring is 2.